The highest BCUT2D eigenvalue weighted by Crippen LogP contribution is 2.16. The van der Waals surface area contributed by atoms with E-state index in [0.717, 1.165) is 0 Å². The van der Waals surface area contributed by atoms with Crippen LogP contribution in [0, 0.1) is 0 Å². The van der Waals surface area contributed by atoms with Crippen molar-refractivity contribution >= 4 is 29.3 Å². The smallest absolute Gasteiger partial charge is 0.271 e. The highest BCUT2D eigenvalue weighted by molar-refractivity contribution is 7.99. The first-order valence-electron chi connectivity index (χ1n) is 5.79. The molecule has 1 N–H and O–H groups in total. The molecule has 1 rings (SSSR count). The molecule has 0 aliphatic carbocycles. The van der Waals surface area contributed by atoms with Gasteiger partial charge in [-0.05, 0) is 6.26 Å². The van der Waals surface area contributed by atoms with Crippen LogP contribution in [-0.4, -0.2) is 33.9 Å². The van der Waals surface area contributed by atoms with Gasteiger partial charge in [-0.25, -0.2) is 9.97 Å². The molecule has 1 aromatic heterocycles. The van der Waals surface area contributed by atoms with Crippen molar-refractivity contribution < 1.29 is 4.79 Å². The predicted molar refractivity (Wildman–Crippen MR) is 76.4 cm³/mol. The molecule has 4 nitrogen and oxygen atoms in total. The SMILES string of the molecule is CSC(C)CNC(=O)c1nc(C(C)C)ncc1Cl. The van der Waals surface area contributed by atoms with Crippen LogP contribution in [0.4, 0.5) is 0 Å². The topological polar surface area (TPSA) is 54.9 Å². The monoisotopic (exact) mass is 287 g/mol. The fourth-order valence-electron chi connectivity index (χ4n) is 1.22. The molecule has 0 spiro atoms. The fourth-order valence-corrected chi connectivity index (χ4v) is 1.65. The highest BCUT2D eigenvalue weighted by Gasteiger charge is 2.15. The number of amides is 1. The van der Waals surface area contributed by atoms with E-state index in [-0.39, 0.29) is 22.5 Å². The summed E-state index contributed by atoms with van der Waals surface area (Å²) in [5, 5.41) is 3.47. The van der Waals surface area contributed by atoms with E-state index in [4.69, 9.17) is 11.6 Å². The molecule has 6 heteroatoms. The molecular formula is C12H18ClN3OS. The molecule has 18 heavy (non-hydrogen) atoms. The zero-order chi connectivity index (χ0) is 13.7. The Kier molecular flexibility index (Phi) is 5.88. The Hall–Kier alpha value is -0.810. The molecule has 0 aromatic carbocycles. The first-order chi connectivity index (χ1) is 8.45. The Labute approximate surface area is 117 Å². The van der Waals surface area contributed by atoms with Crippen LogP contribution in [-0.2, 0) is 0 Å². The standard InChI is InChI=1S/C12H18ClN3OS/c1-7(2)11-14-6-9(13)10(16-11)12(17)15-5-8(3)18-4/h6-8H,5H2,1-4H3,(H,15,17). The van der Waals surface area contributed by atoms with Gasteiger partial charge in [0, 0.05) is 17.7 Å². The molecule has 0 aliphatic rings. The summed E-state index contributed by atoms with van der Waals surface area (Å²) < 4.78 is 0. The fraction of sp³-hybridized carbons (Fsp3) is 0.583. The Morgan fingerprint density at radius 3 is 2.72 bits per heavy atom. The Morgan fingerprint density at radius 2 is 2.17 bits per heavy atom. The minimum atomic E-state index is -0.245. The molecule has 0 fully saturated rings. The number of hydrogen-bond donors (Lipinski definition) is 1. The van der Waals surface area contributed by atoms with Crippen LogP contribution in [0.5, 0.6) is 0 Å². The lowest BCUT2D eigenvalue weighted by Gasteiger charge is -2.11. The number of rotatable bonds is 5. The Bertz CT molecular complexity index is 426. The molecule has 0 bridgehead atoms. The third-order valence-electron chi connectivity index (χ3n) is 2.45. The second kappa shape index (κ2) is 6.95. The van der Waals surface area contributed by atoms with Crippen molar-refractivity contribution in [3.05, 3.63) is 22.7 Å². The van der Waals surface area contributed by atoms with Crippen LogP contribution >= 0.6 is 23.4 Å². The maximum Gasteiger partial charge on any atom is 0.271 e. The third kappa shape index (κ3) is 4.14. The zero-order valence-electron chi connectivity index (χ0n) is 11.0. The molecule has 0 aliphatic heterocycles. The van der Waals surface area contributed by atoms with Crippen molar-refractivity contribution in [2.45, 2.75) is 31.9 Å². The minimum absolute atomic E-state index is 0.166. The van der Waals surface area contributed by atoms with Crippen LogP contribution in [0.2, 0.25) is 5.02 Å². The van der Waals surface area contributed by atoms with Crippen molar-refractivity contribution in [2.24, 2.45) is 0 Å². The largest absolute Gasteiger partial charge is 0.350 e. The lowest BCUT2D eigenvalue weighted by molar-refractivity contribution is 0.0949. The quantitative estimate of drug-likeness (QED) is 0.905. The first-order valence-corrected chi connectivity index (χ1v) is 7.45. The summed E-state index contributed by atoms with van der Waals surface area (Å²) in [7, 11) is 0. The number of carbonyl (C=O) groups excluding carboxylic acids is 1. The van der Waals surface area contributed by atoms with Crippen molar-refractivity contribution in [1.29, 1.82) is 0 Å². The molecule has 1 heterocycles. The number of halogens is 1. The summed E-state index contributed by atoms with van der Waals surface area (Å²) in [5.41, 5.74) is 0.253. The van der Waals surface area contributed by atoms with Crippen LogP contribution < -0.4 is 5.32 Å². The van der Waals surface area contributed by atoms with Crippen LogP contribution in [0.3, 0.4) is 0 Å². The van der Waals surface area contributed by atoms with Crippen molar-refractivity contribution in [3.8, 4) is 0 Å². The van der Waals surface area contributed by atoms with E-state index in [9.17, 15) is 4.79 Å². The molecule has 0 saturated heterocycles. The van der Waals surface area contributed by atoms with Gasteiger partial charge in [0.15, 0.2) is 0 Å². The molecule has 1 atom stereocenters. The van der Waals surface area contributed by atoms with Crippen molar-refractivity contribution in [2.75, 3.05) is 12.8 Å². The minimum Gasteiger partial charge on any atom is -0.350 e. The molecule has 0 saturated carbocycles. The van der Waals surface area contributed by atoms with Gasteiger partial charge in [-0.15, -0.1) is 0 Å². The second-order valence-corrected chi connectivity index (χ2v) is 6.02. The lowest BCUT2D eigenvalue weighted by atomic mass is 10.2. The average molecular weight is 288 g/mol. The van der Waals surface area contributed by atoms with Gasteiger partial charge in [0.2, 0.25) is 0 Å². The number of carbonyl (C=O) groups is 1. The first kappa shape index (κ1) is 15.2. The number of nitrogens with zero attached hydrogens (tertiary/aromatic N) is 2. The third-order valence-corrected chi connectivity index (χ3v) is 3.69. The summed E-state index contributed by atoms with van der Waals surface area (Å²) in [6.07, 6.45) is 3.49. The predicted octanol–water partition coefficient (Wildman–Crippen LogP) is 2.73. The Morgan fingerprint density at radius 1 is 1.50 bits per heavy atom. The van der Waals surface area contributed by atoms with Gasteiger partial charge in [0.1, 0.15) is 11.5 Å². The number of aromatic nitrogens is 2. The van der Waals surface area contributed by atoms with E-state index in [1.54, 1.807) is 11.8 Å². The van der Waals surface area contributed by atoms with E-state index in [1.807, 2.05) is 27.0 Å². The molecule has 0 radical (unpaired) electrons. The maximum atomic E-state index is 12.0. The molecule has 100 valence electrons. The normalized spacial score (nSPS) is 12.6. The van der Waals surface area contributed by atoms with E-state index >= 15 is 0 Å². The van der Waals surface area contributed by atoms with Gasteiger partial charge in [-0.1, -0.05) is 32.4 Å². The number of thioether (sulfide) groups is 1. The van der Waals surface area contributed by atoms with Gasteiger partial charge in [-0.2, -0.15) is 11.8 Å². The summed E-state index contributed by atoms with van der Waals surface area (Å²) >= 11 is 7.65. The van der Waals surface area contributed by atoms with Gasteiger partial charge in [-0.3, -0.25) is 4.79 Å². The molecule has 1 aromatic rings. The molecule has 1 amide bonds. The Balaban J connectivity index is 2.81. The summed E-state index contributed by atoms with van der Waals surface area (Å²) in [6.45, 7) is 6.59. The van der Waals surface area contributed by atoms with Crippen LogP contribution in [0.1, 0.15) is 43.0 Å². The van der Waals surface area contributed by atoms with Gasteiger partial charge in [0.05, 0.1) is 11.2 Å². The van der Waals surface area contributed by atoms with E-state index < -0.39 is 0 Å². The van der Waals surface area contributed by atoms with Crippen LogP contribution in [0.15, 0.2) is 6.20 Å². The zero-order valence-corrected chi connectivity index (χ0v) is 12.6. The van der Waals surface area contributed by atoms with E-state index in [2.05, 4.69) is 15.3 Å². The van der Waals surface area contributed by atoms with E-state index in [1.165, 1.54) is 6.20 Å². The van der Waals surface area contributed by atoms with Gasteiger partial charge >= 0.3 is 0 Å². The van der Waals surface area contributed by atoms with E-state index in [0.29, 0.717) is 17.6 Å². The van der Waals surface area contributed by atoms with Crippen molar-refractivity contribution in [1.82, 2.24) is 15.3 Å². The van der Waals surface area contributed by atoms with Gasteiger partial charge in [0.25, 0.3) is 5.91 Å². The number of hydrogen-bond acceptors (Lipinski definition) is 4. The summed E-state index contributed by atoms with van der Waals surface area (Å²) in [6, 6.07) is 0. The second-order valence-electron chi connectivity index (χ2n) is 4.34. The average Bonchev–Trinajstić information content (AvgIpc) is 2.35. The highest BCUT2D eigenvalue weighted by atomic mass is 35.5. The maximum absolute atomic E-state index is 12.0. The molecule has 1 unspecified atom stereocenters. The van der Waals surface area contributed by atoms with Crippen molar-refractivity contribution in [3.63, 3.8) is 0 Å². The summed E-state index contributed by atoms with van der Waals surface area (Å²) in [4.78, 5) is 20.3. The van der Waals surface area contributed by atoms with Gasteiger partial charge < -0.3 is 5.32 Å². The summed E-state index contributed by atoms with van der Waals surface area (Å²) in [5.74, 6) is 0.548. The van der Waals surface area contributed by atoms with Crippen LogP contribution in [0.25, 0.3) is 0 Å². The number of nitrogens with one attached hydrogen (secondary N) is 1. The molecular weight excluding hydrogens is 270 g/mol. The lowest BCUT2D eigenvalue weighted by Crippen LogP contribution is -2.30.